The molecule has 0 radical (unpaired) electrons. The van der Waals surface area contributed by atoms with Crippen LogP contribution in [-0.4, -0.2) is 74.2 Å². The number of hydrogen-bond donors (Lipinski definition) is 4. The first kappa shape index (κ1) is 21.1. The molecule has 4 fully saturated rings. The van der Waals surface area contributed by atoms with Crippen molar-refractivity contribution in [3.05, 3.63) is 29.8 Å². The first-order valence-corrected chi connectivity index (χ1v) is 11.2. The highest BCUT2D eigenvalue weighted by atomic mass is 16.5. The number of nitrogens with one attached hydrogen (secondary N) is 3. The van der Waals surface area contributed by atoms with Crippen LogP contribution in [0.3, 0.4) is 0 Å². The third-order valence-electron chi connectivity index (χ3n) is 7.90. The van der Waals surface area contributed by atoms with Gasteiger partial charge in [0.15, 0.2) is 0 Å². The highest BCUT2D eigenvalue weighted by Gasteiger charge is 2.52. The number of piperidine rings is 1. The zero-order valence-corrected chi connectivity index (χ0v) is 18.5. The van der Waals surface area contributed by atoms with Gasteiger partial charge in [0.25, 0.3) is 0 Å². The Kier molecular flexibility index (Phi) is 5.44. The fourth-order valence-corrected chi connectivity index (χ4v) is 5.75. The molecule has 31 heavy (non-hydrogen) atoms. The van der Waals surface area contributed by atoms with Crippen LogP contribution in [0.2, 0.25) is 0 Å². The van der Waals surface area contributed by atoms with Crippen LogP contribution in [0, 0.1) is 11.3 Å². The molecule has 170 valence electrons. The van der Waals surface area contributed by atoms with Crippen molar-refractivity contribution in [1.82, 2.24) is 26.0 Å². The van der Waals surface area contributed by atoms with Crippen LogP contribution in [0.1, 0.15) is 31.4 Å². The Labute approximate surface area is 183 Å². The molecule has 4 unspecified atom stereocenters. The summed E-state index contributed by atoms with van der Waals surface area (Å²) in [5, 5.41) is 3.66. The average Bonchev–Trinajstić information content (AvgIpc) is 3.34. The van der Waals surface area contributed by atoms with Crippen molar-refractivity contribution < 1.29 is 14.3 Å². The lowest BCUT2D eigenvalue weighted by Gasteiger charge is -2.49. The maximum absolute atomic E-state index is 13.4. The molecule has 9 nitrogen and oxygen atoms in total. The van der Waals surface area contributed by atoms with Gasteiger partial charge in [-0.05, 0) is 37.5 Å². The van der Waals surface area contributed by atoms with Crippen LogP contribution in [0.4, 0.5) is 0 Å². The second-order valence-electron chi connectivity index (χ2n) is 9.47. The van der Waals surface area contributed by atoms with E-state index >= 15 is 0 Å². The molecule has 5 N–H and O–H groups in total. The van der Waals surface area contributed by atoms with Gasteiger partial charge in [-0.1, -0.05) is 12.1 Å². The molecule has 1 aromatic carbocycles. The van der Waals surface area contributed by atoms with E-state index in [0.717, 1.165) is 43.9 Å². The van der Waals surface area contributed by atoms with Gasteiger partial charge in [-0.15, -0.1) is 0 Å². The highest BCUT2D eigenvalue weighted by molar-refractivity contribution is 5.81. The summed E-state index contributed by atoms with van der Waals surface area (Å²) in [4.78, 5) is 17.6. The number of methoxy groups -OCH3 is 1. The van der Waals surface area contributed by atoms with Gasteiger partial charge in [-0.3, -0.25) is 15.0 Å². The second-order valence-corrected chi connectivity index (χ2v) is 9.47. The molecule has 0 saturated carbocycles. The first-order chi connectivity index (χ1) is 14.9. The summed E-state index contributed by atoms with van der Waals surface area (Å²) >= 11 is 0. The molecule has 1 spiro atoms. The van der Waals surface area contributed by atoms with Crippen LogP contribution in [0.25, 0.3) is 0 Å². The monoisotopic (exact) mass is 430 g/mol. The van der Waals surface area contributed by atoms with Crippen LogP contribution in [0.15, 0.2) is 24.3 Å². The molecule has 4 saturated heterocycles. The fourth-order valence-electron chi connectivity index (χ4n) is 5.75. The van der Waals surface area contributed by atoms with Gasteiger partial charge in [-0.25, -0.2) is 10.9 Å². The number of likely N-dealkylation sites (tertiary alicyclic amines) is 1. The van der Waals surface area contributed by atoms with Gasteiger partial charge >= 0.3 is 0 Å². The number of carbonyl (C=O) groups is 1. The Morgan fingerprint density at radius 2 is 1.90 bits per heavy atom. The third kappa shape index (κ3) is 3.44. The summed E-state index contributed by atoms with van der Waals surface area (Å²) in [7, 11) is 3.55. The summed E-state index contributed by atoms with van der Waals surface area (Å²) in [6.45, 7) is 4.60. The predicted octanol–water partition coefficient (Wildman–Crippen LogP) is -0.0402. The molecule has 1 aromatic rings. The highest BCUT2D eigenvalue weighted by Crippen LogP contribution is 2.42. The summed E-state index contributed by atoms with van der Waals surface area (Å²) in [6.07, 6.45) is 1.84. The molecule has 1 amide bonds. The number of ether oxygens (including phenoxy) is 2. The number of carbonyl (C=O) groups excluding carboxylic acids is 1. The summed E-state index contributed by atoms with van der Waals surface area (Å²) in [5.41, 5.74) is 14.2. The maximum atomic E-state index is 13.4. The van der Waals surface area contributed by atoms with E-state index in [1.807, 2.05) is 36.2 Å². The van der Waals surface area contributed by atoms with Crippen molar-refractivity contribution in [3.63, 3.8) is 0 Å². The standard InChI is InChI=1S/C22H34N6O3/c1-13-18(23)22(12-31-13)8-10-28(11-9-22)21-24-19-16(20(29)27(21)2)17(25-26-19)14-4-6-15(30-3)7-5-14/h4-7,13,16-19,21,24-26H,8-12,23H2,1-3H3/t13-,16?,17?,18+,19?,21?/m0/s1. The summed E-state index contributed by atoms with van der Waals surface area (Å²) < 4.78 is 11.1. The van der Waals surface area contributed by atoms with Gasteiger partial charge in [0.2, 0.25) is 5.91 Å². The number of benzene rings is 1. The number of fused-ring (bicyclic) bond motifs is 1. The van der Waals surface area contributed by atoms with Crippen molar-refractivity contribution in [2.24, 2.45) is 17.1 Å². The number of nitrogens with two attached hydrogens (primary N) is 1. The largest absolute Gasteiger partial charge is 0.497 e. The minimum Gasteiger partial charge on any atom is -0.497 e. The third-order valence-corrected chi connectivity index (χ3v) is 7.90. The van der Waals surface area contributed by atoms with Crippen molar-refractivity contribution in [2.75, 3.05) is 33.9 Å². The Morgan fingerprint density at radius 1 is 1.19 bits per heavy atom. The van der Waals surface area contributed by atoms with Gasteiger partial charge in [0.05, 0.1) is 37.9 Å². The van der Waals surface area contributed by atoms with Crippen molar-refractivity contribution in [3.8, 4) is 5.75 Å². The molecular weight excluding hydrogens is 396 g/mol. The quantitative estimate of drug-likeness (QED) is 0.530. The fraction of sp³-hybridized carbons (Fsp3) is 0.682. The molecule has 9 heteroatoms. The molecule has 6 atom stereocenters. The minimum atomic E-state index is -0.219. The molecule has 0 aromatic heterocycles. The number of amides is 1. The molecule has 4 aliphatic heterocycles. The molecule has 5 rings (SSSR count). The lowest BCUT2D eigenvalue weighted by atomic mass is 9.73. The van der Waals surface area contributed by atoms with E-state index in [-0.39, 0.29) is 47.9 Å². The average molecular weight is 431 g/mol. The number of rotatable bonds is 3. The Balaban J connectivity index is 1.27. The predicted molar refractivity (Wildman–Crippen MR) is 116 cm³/mol. The zero-order chi connectivity index (χ0) is 21.8. The topological polar surface area (TPSA) is 104 Å². The molecule has 4 aliphatic rings. The van der Waals surface area contributed by atoms with E-state index in [2.05, 4.69) is 28.0 Å². The molecule has 4 heterocycles. The van der Waals surface area contributed by atoms with Gasteiger partial charge in [-0.2, -0.15) is 0 Å². The second kappa shape index (κ2) is 7.99. The normalized spacial score (nSPS) is 37.9. The van der Waals surface area contributed by atoms with Crippen molar-refractivity contribution in [1.29, 1.82) is 0 Å². The first-order valence-electron chi connectivity index (χ1n) is 11.2. The summed E-state index contributed by atoms with van der Waals surface area (Å²) in [5.74, 6) is 0.728. The van der Waals surface area contributed by atoms with E-state index < -0.39 is 0 Å². The summed E-state index contributed by atoms with van der Waals surface area (Å²) in [6, 6.07) is 7.87. The van der Waals surface area contributed by atoms with Crippen LogP contribution >= 0.6 is 0 Å². The number of hydrogen-bond acceptors (Lipinski definition) is 8. The van der Waals surface area contributed by atoms with Crippen molar-refractivity contribution >= 4 is 5.91 Å². The van der Waals surface area contributed by atoms with Gasteiger partial charge in [0.1, 0.15) is 12.0 Å². The molecule has 0 aliphatic carbocycles. The lowest BCUT2D eigenvalue weighted by molar-refractivity contribution is -0.151. The van der Waals surface area contributed by atoms with E-state index in [1.54, 1.807) is 7.11 Å². The van der Waals surface area contributed by atoms with Crippen LogP contribution in [0.5, 0.6) is 5.75 Å². The SMILES string of the molecule is COc1ccc(C2NNC3NC(N4CCC5(CC4)CO[C@@H](C)[C@H]5N)N(C)C(=O)C32)cc1. The maximum Gasteiger partial charge on any atom is 0.232 e. The van der Waals surface area contributed by atoms with Crippen LogP contribution < -0.4 is 26.6 Å². The minimum absolute atomic E-state index is 0.0718. The van der Waals surface area contributed by atoms with E-state index in [1.165, 1.54) is 0 Å². The Bertz CT molecular complexity index is 812. The zero-order valence-electron chi connectivity index (χ0n) is 18.5. The number of hydrazine groups is 1. The smallest absolute Gasteiger partial charge is 0.232 e. The van der Waals surface area contributed by atoms with Crippen LogP contribution in [-0.2, 0) is 9.53 Å². The van der Waals surface area contributed by atoms with E-state index in [4.69, 9.17) is 15.2 Å². The Hall–Kier alpha value is -1.75. The Morgan fingerprint density at radius 3 is 2.52 bits per heavy atom. The molecular formula is C22H34N6O3. The van der Waals surface area contributed by atoms with Crippen molar-refractivity contribution in [2.45, 2.75) is 50.4 Å². The van der Waals surface area contributed by atoms with E-state index in [9.17, 15) is 4.79 Å². The van der Waals surface area contributed by atoms with E-state index in [0.29, 0.717) is 0 Å². The van der Waals surface area contributed by atoms with Gasteiger partial charge in [0, 0.05) is 31.6 Å². The lowest BCUT2D eigenvalue weighted by Crippen LogP contribution is -2.70. The molecule has 0 bridgehead atoms. The number of nitrogens with zero attached hydrogens (tertiary/aromatic N) is 2. The van der Waals surface area contributed by atoms with Gasteiger partial charge < -0.3 is 20.1 Å².